The number of hydrogen-bond donors (Lipinski definition) is 0. The van der Waals surface area contributed by atoms with Crippen molar-refractivity contribution in [2.45, 2.75) is 38.5 Å². The highest BCUT2D eigenvalue weighted by molar-refractivity contribution is 7.89. The minimum atomic E-state index is -3.46. The lowest BCUT2D eigenvalue weighted by Crippen LogP contribution is -2.38. The molecule has 0 spiro atoms. The number of hydrogen-bond acceptors (Lipinski definition) is 5. The van der Waals surface area contributed by atoms with Crippen molar-refractivity contribution < 1.29 is 17.9 Å². The Morgan fingerprint density at radius 3 is 2.73 bits per heavy atom. The van der Waals surface area contributed by atoms with Crippen LogP contribution in [-0.4, -0.2) is 38.3 Å². The van der Waals surface area contributed by atoms with E-state index in [1.807, 2.05) is 41.8 Å². The van der Waals surface area contributed by atoms with Crippen LogP contribution in [0.5, 0.6) is 5.75 Å². The molecule has 1 aliphatic rings. The first-order valence-corrected chi connectivity index (χ1v) is 11.3. The average Bonchev–Trinajstić information content (AvgIpc) is 3.15. The van der Waals surface area contributed by atoms with E-state index >= 15 is 0 Å². The van der Waals surface area contributed by atoms with Crippen molar-refractivity contribution in [1.82, 2.24) is 4.31 Å². The third-order valence-corrected chi connectivity index (χ3v) is 7.21. The van der Waals surface area contributed by atoms with Crippen LogP contribution < -0.4 is 4.74 Å². The summed E-state index contributed by atoms with van der Waals surface area (Å²) in [5.41, 5.74) is 0.861. The van der Waals surface area contributed by atoms with Gasteiger partial charge in [-0.25, -0.2) is 8.42 Å². The van der Waals surface area contributed by atoms with Crippen molar-refractivity contribution in [3.8, 4) is 5.75 Å². The summed E-state index contributed by atoms with van der Waals surface area (Å²) in [7, 11) is -1.86. The lowest BCUT2D eigenvalue weighted by atomic mass is 10.1. The number of methoxy groups -OCH3 is 1. The number of nitrogens with zero attached hydrogens (tertiary/aromatic N) is 1. The van der Waals surface area contributed by atoms with Crippen LogP contribution in [0.3, 0.4) is 0 Å². The lowest BCUT2D eigenvalue weighted by molar-refractivity contribution is 0.0298. The third kappa shape index (κ3) is 5.07. The molecular weight excluding hydrogens is 370 g/mol. The first-order valence-electron chi connectivity index (χ1n) is 8.82. The summed E-state index contributed by atoms with van der Waals surface area (Å²) in [5, 5.41) is 1.97. The van der Waals surface area contributed by atoms with Crippen LogP contribution in [0.15, 0.2) is 41.8 Å². The molecule has 26 heavy (non-hydrogen) atoms. The van der Waals surface area contributed by atoms with Gasteiger partial charge in [0.15, 0.2) is 0 Å². The first kappa shape index (κ1) is 19.4. The molecule has 142 valence electrons. The molecule has 0 aliphatic carbocycles. The monoisotopic (exact) mass is 395 g/mol. The van der Waals surface area contributed by atoms with E-state index < -0.39 is 10.0 Å². The van der Waals surface area contributed by atoms with E-state index in [0.717, 1.165) is 29.7 Å². The van der Waals surface area contributed by atoms with Gasteiger partial charge in [0.2, 0.25) is 10.0 Å². The summed E-state index contributed by atoms with van der Waals surface area (Å²) in [6.07, 6.45) is 2.63. The highest BCUT2D eigenvalue weighted by Crippen LogP contribution is 2.25. The van der Waals surface area contributed by atoms with Crippen molar-refractivity contribution in [3.05, 3.63) is 52.2 Å². The van der Waals surface area contributed by atoms with Crippen LogP contribution in [0.25, 0.3) is 0 Å². The van der Waals surface area contributed by atoms with E-state index in [-0.39, 0.29) is 18.4 Å². The quantitative estimate of drug-likeness (QED) is 0.684. The average molecular weight is 396 g/mol. The number of para-hydroxylation sites is 1. The molecule has 0 saturated carbocycles. The smallest absolute Gasteiger partial charge is 0.217 e. The molecule has 7 heteroatoms. The molecule has 0 amide bonds. The number of ether oxygens (including phenoxy) is 2. The normalized spacial score (nSPS) is 18.2. The minimum Gasteiger partial charge on any atom is -0.496 e. The van der Waals surface area contributed by atoms with Gasteiger partial charge in [0.25, 0.3) is 0 Å². The number of benzene rings is 1. The zero-order valence-corrected chi connectivity index (χ0v) is 16.6. The fourth-order valence-corrected chi connectivity index (χ4v) is 5.55. The maximum atomic E-state index is 13.1. The van der Waals surface area contributed by atoms with Gasteiger partial charge in [-0.2, -0.15) is 4.31 Å². The second-order valence-electron chi connectivity index (χ2n) is 6.43. The standard InChI is InChI=1S/C19H25NO4S2/c1-23-19-10-3-2-7-16(19)13-20(14-18-9-6-12-25-18)26(21,22)15-17-8-4-5-11-24-17/h2-3,6-7,9-10,12,17H,4-5,8,11,13-15H2,1H3. The fraction of sp³-hybridized carbons (Fsp3) is 0.474. The number of rotatable bonds is 8. The molecule has 1 atom stereocenters. The Hall–Kier alpha value is -1.41. The van der Waals surface area contributed by atoms with Gasteiger partial charge in [0, 0.05) is 30.1 Å². The van der Waals surface area contributed by atoms with Crippen LogP contribution in [-0.2, 0) is 27.8 Å². The molecule has 2 heterocycles. The van der Waals surface area contributed by atoms with Crippen molar-refractivity contribution in [3.63, 3.8) is 0 Å². The Morgan fingerprint density at radius 1 is 1.19 bits per heavy atom. The zero-order valence-electron chi connectivity index (χ0n) is 15.0. The molecule has 1 aromatic carbocycles. The second-order valence-corrected chi connectivity index (χ2v) is 9.47. The lowest BCUT2D eigenvalue weighted by Gasteiger charge is -2.27. The van der Waals surface area contributed by atoms with Crippen LogP contribution in [0, 0.1) is 0 Å². The summed E-state index contributed by atoms with van der Waals surface area (Å²) in [6.45, 7) is 1.30. The fourth-order valence-electron chi connectivity index (χ4n) is 3.13. The molecule has 1 aromatic heterocycles. The molecular formula is C19H25NO4S2. The van der Waals surface area contributed by atoms with E-state index in [0.29, 0.717) is 18.9 Å². The molecule has 3 rings (SSSR count). The van der Waals surface area contributed by atoms with Crippen molar-refractivity contribution in [2.24, 2.45) is 0 Å². The van der Waals surface area contributed by atoms with Crippen LogP contribution in [0.1, 0.15) is 29.7 Å². The summed E-state index contributed by atoms with van der Waals surface area (Å²) in [5.74, 6) is 0.737. The predicted molar refractivity (Wildman–Crippen MR) is 104 cm³/mol. The molecule has 1 aliphatic heterocycles. The summed E-state index contributed by atoms with van der Waals surface area (Å²) >= 11 is 1.57. The zero-order chi connectivity index (χ0) is 18.4. The molecule has 1 saturated heterocycles. The van der Waals surface area contributed by atoms with Crippen LogP contribution in [0.4, 0.5) is 0 Å². The second kappa shape index (κ2) is 8.99. The van der Waals surface area contributed by atoms with Gasteiger partial charge < -0.3 is 9.47 Å². The van der Waals surface area contributed by atoms with Crippen LogP contribution in [0.2, 0.25) is 0 Å². The molecule has 5 nitrogen and oxygen atoms in total. The molecule has 0 radical (unpaired) electrons. The molecule has 2 aromatic rings. The maximum absolute atomic E-state index is 13.1. The van der Waals surface area contributed by atoms with E-state index in [1.54, 1.807) is 22.8 Å². The van der Waals surface area contributed by atoms with Crippen molar-refractivity contribution >= 4 is 21.4 Å². The van der Waals surface area contributed by atoms with E-state index in [2.05, 4.69) is 0 Å². The SMILES string of the molecule is COc1ccccc1CN(Cc1cccs1)S(=O)(=O)CC1CCCCO1. The van der Waals surface area contributed by atoms with Gasteiger partial charge in [-0.05, 0) is 36.8 Å². The Labute approximate surface area is 159 Å². The van der Waals surface area contributed by atoms with Gasteiger partial charge in [0.1, 0.15) is 5.75 Å². The first-order chi connectivity index (χ1) is 12.6. The summed E-state index contributed by atoms with van der Waals surface area (Å²) in [4.78, 5) is 1.02. The van der Waals surface area contributed by atoms with E-state index in [1.165, 1.54) is 0 Å². The van der Waals surface area contributed by atoms with Gasteiger partial charge in [-0.15, -0.1) is 11.3 Å². The molecule has 0 bridgehead atoms. The highest BCUT2D eigenvalue weighted by atomic mass is 32.2. The Bertz CT molecular complexity index is 784. The minimum absolute atomic E-state index is 0.0352. The third-order valence-electron chi connectivity index (χ3n) is 4.52. The Kier molecular flexibility index (Phi) is 6.69. The van der Waals surface area contributed by atoms with E-state index in [4.69, 9.17) is 9.47 Å². The van der Waals surface area contributed by atoms with Crippen molar-refractivity contribution in [1.29, 1.82) is 0 Å². The maximum Gasteiger partial charge on any atom is 0.217 e. The van der Waals surface area contributed by atoms with Gasteiger partial charge in [-0.3, -0.25) is 0 Å². The topological polar surface area (TPSA) is 55.8 Å². The van der Waals surface area contributed by atoms with E-state index in [9.17, 15) is 8.42 Å². The summed E-state index contributed by atoms with van der Waals surface area (Å²) in [6, 6.07) is 11.5. The van der Waals surface area contributed by atoms with Gasteiger partial charge >= 0.3 is 0 Å². The number of sulfonamides is 1. The number of thiophene rings is 1. The summed E-state index contributed by atoms with van der Waals surface area (Å²) < 4.78 is 38.9. The van der Waals surface area contributed by atoms with Gasteiger partial charge in [-0.1, -0.05) is 24.3 Å². The van der Waals surface area contributed by atoms with Crippen molar-refractivity contribution in [2.75, 3.05) is 19.5 Å². The molecule has 1 unspecified atom stereocenters. The molecule has 1 fully saturated rings. The predicted octanol–water partition coefficient (Wildman–Crippen LogP) is 3.66. The Balaban J connectivity index is 1.82. The molecule has 0 N–H and O–H groups in total. The highest BCUT2D eigenvalue weighted by Gasteiger charge is 2.29. The van der Waals surface area contributed by atoms with Gasteiger partial charge in [0.05, 0.1) is 19.0 Å². The Morgan fingerprint density at radius 2 is 2.04 bits per heavy atom. The van der Waals surface area contributed by atoms with Crippen LogP contribution >= 0.6 is 11.3 Å². The largest absolute Gasteiger partial charge is 0.496 e.